The van der Waals surface area contributed by atoms with Crippen LogP contribution in [0, 0.1) is 17.8 Å². The van der Waals surface area contributed by atoms with Crippen LogP contribution in [0.15, 0.2) is 0 Å². The van der Waals surface area contributed by atoms with Crippen LogP contribution >= 0.6 is 0 Å². The minimum Gasteiger partial charge on any atom is -0.396 e. The molecule has 2 rings (SSSR count). The minimum atomic E-state index is -1.30. The molecule has 2 aliphatic rings. The summed E-state index contributed by atoms with van der Waals surface area (Å²) in [6, 6.07) is 0. The van der Waals surface area contributed by atoms with Crippen molar-refractivity contribution in [2.45, 2.75) is 76.0 Å². The third kappa shape index (κ3) is 4.17. The van der Waals surface area contributed by atoms with Gasteiger partial charge in [-0.15, -0.1) is 0 Å². The van der Waals surface area contributed by atoms with Crippen LogP contribution < -0.4 is 0 Å². The minimum absolute atomic E-state index is 0.0682. The molecule has 10 atom stereocenters. The van der Waals surface area contributed by atoms with Crippen LogP contribution in [0.4, 0.5) is 0 Å². The number of hydrogen-bond donors (Lipinski definition) is 6. The largest absolute Gasteiger partial charge is 0.396 e. The Hall–Kier alpha value is -0.320. The van der Waals surface area contributed by atoms with Crippen molar-refractivity contribution >= 4 is 0 Å². The molecule has 0 unspecified atom stereocenters. The van der Waals surface area contributed by atoms with E-state index in [9.17, 15) is 30.6 Å². The Labute approximate surface area is 148 Å². The van der Waals surface area contributed by atoms with Crippen LogP contribution in [0.25, 0.3) is 0 Å². The van der Waals surface area contributed by atoms with Gasteiger partial charge in [0.15, 0.2) is 0 Å². The van der Waals surface area contributed by atoms with E-state index in [-0.39, 0.29) is 24.4 Å². The van der Waals surface area contributed by atoms with E-state index in [0.29, 0.717) is 6.42 Å². The van der Waals surface area contributed by atoms with E-state index in [1.54, 1.807) is 6.92 Å². The third-order valence-electron chi connectivity index (χ3n) is 5.67. The number of ether oxygens (including phenoxy) is 2. The Morgan fingerprint density at radius 3 is 2.12 bits per heavy atom. The summed E-state index contributed by atoms with van der Waals surface area (Å²) in [6.07, 6.45) is -7.84. The molecule has 0 aromatic rings. The van der Waals surface area contributed by atoms with Crippen LogP contribution in [0.2, 0.25) is 0 Å². The van der Waals surface area contributed by atoms with Crippen LogP contribution in [0.1, 0.15) is 27.2 Å². The third-order valence-corrected chi connectivity index (χ3v) is 5.67. The summed E-state index contributed by atoms with van der Waals surface area (Å²) < 4.78 is 11.5. The average molecular weight is 364 g/mol. The molecule has 25 heavy (non-hydrogen) atoms. The van der Waals surface area contributed by atoms with Crippen LogP contribution in [-0.4, -0.2) is 92.7 Å². The summed E-state index contributed by atoms with van der Waals surface area (Å²) in [5.74, 6) is -0.621. The quantitative estimate of drug-likeness (QED) is 0.337. The number of aliphatic hydroxyl groups is 6. The Morgan fingerprint density at radius 2 is 1.60 bits per heavy atom. The number of rotatable bonds is 5. The summed E-state index contributed by atoms with van der Waals surface area (Å²) in [7, 11) is 0. The summed E-state index contributed by atoms with van der Waals surface area (Å²) in [5.41, 5.74) is 0. The summed E-state index contributed by atoms with van der Waals surface area (Å²) in [4.78, 5) is 0. The van der Waals surface area contributed by atoms with Crippen molar-refractivity contribution in [2.75, 3.05) is 13.2 Å². The predicted molar refractivity (Wildman–Crippen MR) is 87.6 cm³/mol. The molecule has 0 spiro atoms. The topological polar surface area (TPSA) is 140 Å². The van der Waals surface area contributed by atoms with Gasteiger partial charge in [-0.25, -0.2) is 0 Å². The molecule has 1 saturated heterocycles. The Balaban J connectivity index is 2.14. The zero-order valence-electron chi connectivity index (χ0n) is 15.0. The first kappa shape index (κ1) is 21.0. The zero-order chi connectivity index (χ0) is 18.9. The molecular formula is C17H32O8. The molecular weight excluding hydrogens is 332 g/mol. The average Bonchev–Trinajstić information content (AvgIpc) is 2.58. The smallest absolute Gasteiger partial charge is 0.115 e. The fraction of sp³-hybridized carbons (Fsp3) is 1.00. The van der Waals surface area contributed by atoms with Crippen molar-refractivity contribution in [3.63, 3.8) is 0 Å². The fourth-order valence-corrected chi connectivity index (χ4v) is 3.88. The van der Waals surface area contributed by atoms with Crippen molar-refractivity contribution in [1.29, 1.82) is 0 Å². The van der Waals surface area contributed by atoms with Crippen LogP contribution in [0.3, 0.4) is 0 Å². The molecule has 148 valence electrons. The Bertz CT molecular complexity index is 415. The second kappa shape index (κ2) is 8.58. The monoisotopic (exact) mass is 364 g/mol. The van der Waals surface area contributed by atoms with E-state index in [2.05, 4.69) is 0 Å². The van der Waals surface area contributed by atoms with Gasteiger partial charge in [0.2, 0.25) is 0 Å². The fourth-order valence-electron chi connectivity index (χ4n) is 3.88. The van der Waals surface area contributed by atoms with Gasteiger partial charge < -0.3 is 40.1 Å². The van der Waals surface area contributed by atoms with Crippen molar-refractivity contribution in [1.82, 2.24) is 0 Å². The second-order valence-corrected chi connectivity index (χ2v) is 7.70. The van der Waals surface area contributed by atoms with Gasteiger partial charge in [0, 0.05) is 6.61 Å². The van der Waals surface area contributed by atoms with Gasteiger partial charge in [-0.3, -0.25) is 0 Å². The zero-order valence-corrected chi connectivity index (χ0v) is 15.0. The molecule has 6 N–H and O–H groups in total. The first-order chi connectivity index (χ1) is 11.7. The Kier molecular flexibility index (Phi) is 7.20. The molecule has 0 bridgehead atoms. The second-order valence-electron chi connectivity index (χ2n) is 7.70. The van der Waals surface area contributed by atoms with Gasteiger partial charge in [0.1, 0.15) is 30.5 Å². The normalized spacial score (nSPS) is 48.7. The SMILES string of the molecule is CC(C)[C@H]1O[C@H](CO)[C@@H](O[C@H]2C[C@H](CO)[C@@H](C)[C@H](O)[C@H]2O)[C@H](O)[C@H]1O. The van der Waals surface area contributed by atoms with E-state index in [4.69, 9.17) is 9.47 Å². The van der Waals surface area contributed by atoms with Crippen molar-refractivity contribution in [2.24, 2.45) is 17.8 Å². The first-order valence-corrected chi connectivity index (χ1v) is 8.97. The molecule has 8 heteroatoms. The van der Waals surface area contributed by atoms with Gasteiger partial charge >= 0.3 is 0 Å². The van der Waals surface area contributed by atoms with Gasteiger partial charge in [0.05, 0.1) is 24.9 Å². The summed E-state index contributed by atoms with van der Waals surface area (Å²) in [5, 5.41) is 60.3. The highest BCUT2D eigenvalue weighted by atomic mass is 16.6. The molecule has 1 heterocycles. The molecule has 1 aliphatic heterocycles. The van der Waals surface area contributed by atoms with Crippen LogP contribution in [0.5, 0.6) is 0 Å². The highest BCUT2D eigenvalue weighted by Gasteiger charge is 2.49. The van der Waals surface area contributed by atoms with Gasteiger partial charge in [0.25, 0.3) is 0 Å². The lowest BCUT2D eigenvalue weighted by Gasteiger charge is -2.47. The molecule has 1 saturated carbocycles. The van der Waals surface area contributed by atoms with Crippen molar-refractivity contribution < 1.29 is 40.1 Å². The van der Waals surface area contributed by atoms with Gasteiger partial charge in [-0.05, 0) is 24.2 Å². The molecule has 0 aromatic heterocycles. The van der Waals surface area contributed by atoms with Gasteiger partial charge in [-0.1, -0.05) is 20.8 Å². The Morgan fingerprint density at radius 1 is 0.960 bits per heavy atom. The molecule has 0 aromatic carbocycles. The highest BCUT2D eigenvalue weighted by molar-refractivity contribution is 4.97. The van der Waals surface area contributed by atoms with E-state index in [0.717, 1.165) is 0 Å². The van der Waals surface area contributed by atoms with Gasteiger partial charge in [-0.2, -0.15) is 0 Å². The maximum absolute atomic E-state index is 10.5. The maximum Gasteiger partial charge on any atom is 0.115 e. The molecule has 0 radical (unpaired) electrons. The lowest BCUT2D eigenvalue weighted by Crippen LogP contribution is -2.63. The van der Waals surface area contributed by atoms with Crippen LogP contribution in [-0.2, 0) is 9.47 Å². The lowest BCUT2D eigenvalue weighted by molar-refractivity contribution is -0.275. The molecule has 1 aliphatic carbocycles. The lowest BCUT2D eigenvalue weighted by atomic mass is 9.75. The maximum atomic E-state index is 10.5. The number of aliphatic hydroxyl groups excluding tert-OH is 6. The van der Waals surface area contributed by atoms with E-state index in [1.807, 2.05) is 13.8 Å². The first-order valence-electron chi connectivity index (χ1n) is 8.97. The molecule has 0 amide bonds. The molecule has 8 nitrogen and oxygen atoms in total. The number of hydrogen-bond acceptors (Lipinski definition) is 8. The standard InChI is InChI=1S/C17H32O8/c1-7(2)16-14(22)15(23)17(11(6-19)25-16)24-10-4-9(5-18)8(3)12(20)13(10)21/h7-23H,4-6H2,1-3H3/t8-,9-,10+,11-,12+,13+,14-,15-,16-,17-/m1/s1. The highest BCUT2D eigenvalue weighted by Crippen LogP contribution is 2.35. The van der Waals surface area contributed by atoms with Crippen molar-refractivity contribution in [3.8, 4) is 0 Å². The molecule has 2 fully saturated rings. The van der Waals surface area contributed by atoms with E-state index in [1.165, 1.54) is 0 Å². The van der Waals surface area contributed by atoms with Crippen molar-refractivity contribution in [3.05, 3.63) is 0 Å². The summed E-state index contributed by atoms with van der Waals surface area (Å²) >= 11 is 0. The van der Waals surface area contributed by atoms with E-state index < -0.39 is 55.4 Å². The predicted octanol–water partition coefficient (Wildman–Crippen LogP) is -1.75. The summed E-state index contributed by atoms with van der Waals surface area (Å²) in [6.45, 7) is 4.85. The van der Waals surface area contributed by atoms with E-state index >= 15 is 0 Å².